The van der Waals surface area contributed by atoms with Crippen LogP contribution in [0.4, 0.5) is 0 Å². The van der Waals surface area contributed by atoms with Crippen LogP contribution in [0.15, 0.2) is 0 Å². The van der Waals surface area contributed by atoms with Crippen LogP contribution in [0.3, 0.4) is 0 Å². The van der Waals surface area contributed by atoms with Crippen molar-refractivity contribution in [1.82, 2.24) is 10.2 Å². The van der Waals surface area contributed by atoms with Crippen LogP contribution in [0.5, 0.6) is 0 Å². The van der Waals surface area contributed by atoms with Gasteiger partial charge in [0, 0.05) is 32.1 Å². The van der Waals surface area contributed by atoms with Crippen molar-refractivity contribution >= 4 is 11.8 Å². The molecule has 90 valence electrons. The minimum absolute atomic E-state index is 0.0255. The van der Waals surface area contributed by atoms with E-state index in [2.05, 4.69) is 5.32 Å². The second-order valence-electron chi connectivity index (χ2n) is 4.83. The number of carbonyl (C=O) groups is 2. The van der Waals surface area contributed by atoms with Gasteiger partial charge in [0.25, 0.3) is 0 Å². The third-order valence-electron chi connectivity index (χ3n) is 3.30. The first kappa shape index (κ1) is 11.4. The van der Waals surface area contributed by atoms with Crippen LogP contribution in [0, 0.1) is 5.92 Å². The van der Waals surface area contributed by atoms with Crippen molar-refractivity contribution in [3.8, 4) is 0 Å². The Labute approximate surface area is 95.3 Å². The third kappa shape index (κ3) is 2.52. The zero-order valence-corrected chi connectivity index (χ0v) is 9.61. The molecule has 5 nitrogen and oxygen atoms in total. The number of nitrogens with zero attached hydrogens (tertiary/aromatic N) is 1. The summed E-state index contributed by atoms with van der Waals surface area (Å²) in [5, 5.41) is 2.87. The van der Waals surface area contributed by atoms with E-state index < -0.39 is 0 Å². The lowest BCUT2D eigenvalue weighted by molar-refractivity contribution is -0.134. The van der Waals surface area contributed by atoms with Crippen molar-refractivity contribution < 1.29 is 9.59 Å². The molecule has 3 unspecified atom stereocenters. The maximum atomic E-state index is 11.9. The lowest BCUT2D eigenvalue weighted by atomic mass is 10.1. The zero-order valence-electron chi connectivity index (χ0n) is 9.61. The van der Waals surface area contributed by atoms with Gasteiger partial charge in [-0.2, -0.15) is 0 Å². The Bertz CT molecular complexity index is 306. The van der Waals surface area contributed by atoms with Gasteiger partial charge in [-0.3, -0.25) is 9.59 Å². The van der Waals surface area contributed by atoms with Crippen LogP contribution in [0.25, 0.3) is 0 Å². The molecule has 2 fully saturated rings. The maximum absolute atomic E-state index is 11.9. The SMILES string of the molecule is CC(=O)NC1CCCN(C(=O)C2CC2N)C1. The minimum atomic E-state index is -0.0255. The zero-order chi connectivity index (χ0) is 11.7. The van der Waals surface area contributed by atoms with Gasteiger partial charge in [-0.25, -0.2) is 0 Å². The first-order chi connectivity index (χ1) is 7.58. The smallest absolute Gasteiger partial charge is 0.227 e. The molecule has 1 aliphatic heterocycles. The van der Waals surface area contributed by atoms with Gasteiger partial charge in [-0.1, -0.05) is 0 Å². The van der Waals surface area contributed by atoms with Gasteiger partial charge in [0.2, 0.25) is 11.8 Å². The highest BCUT2D eigenvalue weighted by atomic mass is 16.2. The van der Waals surface area contributed by atoms with Gasteiger partial charge in [0.1, 0.15) is 0 Å². The summed E-state index contributed by atoms with van der Waals surface area (Å²) in [6, 6.07) is 0.179. The first-order valence-electron chi connectivity index (χ1n) is 5.89. The fourth-order valence-electron chi connectivity index (χ4n) is 2.32. The van der Waals surface area contributed by atoms with Crippen LogP contribution in [-0.4, -0.2) is 41.9 Å². The molecule has 5 heteroatoms. The molecule has 0 aromatic rings. The number of rotatable bonds is 2. The molecule has 3 atom stereocenters. The Morgan fingerprint density at radius 3 is 2.69 bits per heavy atom. The van der Waals surface area contributed by atoms with Gasteiger partial charge in [0.05, 0.1) is 5.92 Å². The van der Waals surface area contributed by atoms with Crippen LogP contribution in [-0.2, 0) is 9.59 Å². The van der Waals surface area contributed by atoms with E-state index in [1.54, 1.807) is 0 Å². The molecule has 2 amide bonds. The van der Waals surface area contributed by atoms with E-state index >= 15 is 0 Å². The van der Waals surface area contributed by atoms with Gasteiger partial charge >= 0.3 is 0 Å². The maximum Gasteiger partial charge on any atom is 0.227 e. The number of likely N-dealkylation sites (tertiary alicyclic amines) is 1. The van der Waals surface area contributed by atoms with E-state index in [9.17, 15) is 9.59 Å². The quantitative estimate of drug-likeness (QED) is 0.663. The summed E-state index contributed by atoms with van der Waals surface area (Å²) in [7, 11) is 0. The number of nitrogens with one attached hydrogen (secondary N) is 1. The average Bonchev–Trinajstić information content (AvgIpc) is 2.94. The molecule has 1 saturated heterocycles. The molecular formula is C11H19N3O2. The molecule has 0 spiro atoms. The summed E-state index contributed by atoms with van der Waals surface area (Å²) in [5.74, 6) is 0.182. The van der Waals surface area contributed by atoms with Crippen molar-refractivity contribution in [3.63, 3.8) is 0 Å². The average molecular weight is 225 g/mol. The molecule has 3 N–H and O–H groups in total. The van der Waals surface area contributed by atoms with E-state index in [0.717, 1.165) is 25.8 Å². The normalized spacial score (nSPS) is 33.4. The predicted molar refractivity (Wildman–Crippen MR) is 59.5 cm³/mol. The molecule has 2 aliphatic rings. The van der Waals surface area contributed by atoms with E-state index in [4.69, 9.17) is 5.73 Å². The van der Waals surface area contributed by atoms with Crippen molar-refractivity contribution in [1.29, 1.82) is 0 Å². The molecule has 1 saturated carbocycles. The van der Waals surface area contributed by atoms with E-state index in [0.29, 0.717) is 6.54 Å². The third-order valence-corrected chi connectivity index (χ3v) is 3.30. The van der Waals surface area contributed by atoms with Gasteiger partial charge < -0.3 is 16.0 Å². The van der Waals surface area contributed by atoms with Crippen LogP contribution >= 0.6 is 0 Å². The Kier molecular flexibility index (Phi) is 3.14. The number of hydrogen-bond donors (Lipinski definition) is 2. The van der Waals surface area contributed by atoms with Crippen LogP contribution < -0.4 is 11.1 Å². The monoisotopic (exact) mass is 225 g/mol. The molecule has 0 bridgehead atoms. The molecule has 0 radical (unpaired) electrons. The molecule has 1 aliphatic carbocycles. The molecule has 16 heavy (non-hydrogen) atoms. The van der Waals surface area contributed by atoms with Crippen LogP contribution in [0.1, 0.15) is 26.2 Å². The molecule has 2 rings (SSSR count). The summed E-state index contributed by atoms with van der Waals surface area (Å²) in [4.78, 5) is 24.7. The number of piperidine rings is 1. The van der Waals surface area contributed by atoms with Gasteiger partial charge in [-0.05, 0) is 19.3 Å². The Balaban J connectivity index is 1.86. The standard InChI is InChI=1S/C11H19N3O2/c1-7(15)13-8-3-2-4-14(6-8)11(16)9-5-10(9)12/h8-10H,2-6,12H2,1H3,(H,13,15). The van der Waals surface area contributed by atoms with Gasteiger partial charge in [0.15, 0.2) is 0 Å². The molecular weight excluding hydrogens is 206 g/mol. The Hall–Kier alpha value is -1.10. The molecule has 0 aromatic carbocycles. The van der Waals surface area contributed by atoms with Crippen LogP contribution in [0.2, 0.25) is 0 Å². The minimum Gasteiger partial charge on any atom is -0.352 e. The first-order valence-corrected chi connectivity index (χ1v) is 5.89. The second-order valence-corrected chi connectivity index (χ2v) is 4.83. The van der Waals surface area contributed by atoms with Crippen molar-refractivity contribution in [2.45, 2.75) is 38.3 Å². The highest BCUT2D eigenvalue weighted by molar-refractivity contribution is 5.82. The molecule has 0 aromatic heterocycles. The fraction of sp³-hybridized carbons (Fsp3) is 0.818. The van der Waals surface area contributed by atoms with Crippen molar-refractivity contribution in [2.24, 2.45) is 11.7 Å². The number of hydrogen-bond acceptors (Lipinski definition) is 3. The molecule has 1 heterocycles. The number of amides is 2. The number of nitrogens with two attached hydrogens (primary N) is 1. The lowest BCUT2D eigenvalue weighted by Gasteiger charge is -2.33. The summed E-state index contributed by atoms with van der Waals surface area (Å²) in [6.45, 7) is 2.96. The summed E-state index contributed by atoms with van der Waals surface area (Å²) in [6.07, 6.45) is 2.73. The topological polar surface area (TPSA) is 75.4 Å². The second kappa shape index (κ2) is 4.41. The van der Waals surface area contributed by atoms with Crippen molar-refractivity contribution in [2.75, 3.05) is 13.1 Å². The van der Waals surface area contributed by atoms with E-state index in [-0.39, 0.29) is 29.8 Å². The summed E-state index contributed by atoms with van der Waals surface area (Å²) < 4.78 is 0. The van der Waals surface area contributed by atoms with Gasteiger partial charge in [-0.15, -0.1) is 0 Å². The van der Waals surface area contributed by atoms with E-state index in [1.165, 1.54) is 6.92 Å². The summed E-state index contributed by atoms with van der Waals surface area (Å²) in [5.41, 5.74) is 5.67. The fourth-order valence-corrected chi connectivity index (χ4v) is 2.32. The lowest BCUT2D eigenvalue weighted by Crippen LogP contribution is -2.49. The largest absolute Gasteiger partial charge is 0.352 e. The Morgan fingerprint density at radius 1 is 1.44 bits per heavy atom. The number of carbonyl (C=O) groups excluding carboxylic acids is 2. The Morgan fingerprint density at radius 2 is 2.12 bits per heavy atom. The van der Waals surface area contributed by atoms with Crippen molar-refractivity contribution in [3.05, 3.63) is 0 Å². The highest BCUT2D eigenvalue weighted by Gasteiger charge is 2.43. The summed E-state index contributed by atoms with van der Waals surface area (Å²) >= 11 is 0. The highest BCUT2D eigenvalue weighted by Crippen LogP contribution is 2.30. The van der Waals surface area contributed by atoms with E-state index in [1.807, 2.05) is 4.90 Å². The predicted octanol–water partition coefficient (Wildman–Crippen LogP) is -0.539.